The normalized spacial score (nSPS) is 19.9. The van der Waals surface area contributed by atoms with E-state index in [1.165, 1.54) is 11.1 Å². The van der Waals surface area contributed by atoms with Gasteiger partial charge in [0.25, 0.3) is 0 Å². The molecule has 1 N–H and O–H groups in total. The minimum Gasteiger partial charge on any atom is -0.481 e. The van der Waals surface area contributed by atoms with Gasteiger partial charge in [-0.25, -0.2) is 0 Å². The van der Waals surface area contributed by atoms with E-state index in [0.717, 1.165) is 18.4 Å². The maximum Gasteiger partial charge on any atom is 0.310 e. The number of carboxylic acids is 1. The second-order valence-electron chi connectivity index (χ2n) is 3.63. The number of fused-ring (bicyclic) bond motifs is 1. The Morgan fingerprint density at radius 2 is 2.31 bits per heavy atom. The van der Waals surface area contributed by atoms with Crippen molar-refractivity contribution in [1.82, 2.24) is 0 Å². The molecular weight excluding hydrogens is 164 g/mol. The lowest BCUT2D eigenvalue weighted by Gasteiger charge is -2.05. The highest BCUT2D eigenvalue weighted by molar-refractivity contribution is 5.77. The van der Waals surface area contributed by atoms with Crippen LogP contribution in [-0.2, 0) is 11.2 Å². The number of carboxylic acid groups (broad SMARTS) is 1. The SMILES string of the molecule is Cc1ccc2c(c1)CC[C@@H]2C(=O)O. The summed E-state index contributed by atoms with van der Waals surface area (Å²) in [5.74, 6) is -0.960. The Morgan fingerprint density at radius 1 is 1.54 bits per heavy atom. The molecule has 1 atom stereocenters. The topological polar surface area (TPSA) is 37.3 Å². The van der Waals surface area contributed by atoms with Gasteiger partial charge in [0.05, 0.1) is 5.92 Å². The summed E-state index contributed by atoms with van der Waals surface area (Å²) in [6.07, 6.45) is 1.67. The summed E-state index contributed by atoms with van der Waals surface area (Å²) in [5.41, 5.74) is 3.44. The van der Waals surface area contributed by atoms with E-state index in [2.05, 4.69) is 6.07 Å². The van der Waals surface area contributed by atoms with Gasteiger partial charge in [0.2, 0.25) is 0 Å². The third-order valence-electron chi connectivity index (χ3n) is 2.67. The molecule has 13 heavy (non-hydrogen) atoms. The summed E-state index contributed by atoms with van der Waals surface area (Å²) in [4.78, 5) is 10.8. The Morgan fingerprint density at radius 3 is 3.00 bits per heavy atom. The summed E-state index contributed by atoms with van der Waals surface area (Å²) < 4.78 is 0. The fraction of sp³-hybridized carbons (Fsp3) is 0.364. The largest absolute Gasteiger partial charge is 0.481 e. The fourth-order valence-electron chi connectivity index (χ4n) is 2.00. The standard InChI is InChI=1S/C11H12O2/c1-7-2-4-9-8(6-7)3-5-10(9)11(12)13/h2,4,6,10H,3,5H2,1H3,(H,12,13)/t10-/m0/s1. The molecule has 2 heteroatoms. The number of aliphatic carboxylic acids is 1. The van der Waals surface area contributed by atoms with E-state index in [0.29, 0.717) is 0 Å². The number of aryl methyl sites for hydroxylation is 2. The Hall–Kier alpha value is -1.31. The van der Waals surface area contributed by atoms with E-state index in [1.54, 1.807) is 0 Å². The molecule has 0 saturated carbocycles. The first kappa shape index (κ1) is 8.30. The highest BCUT2D eigenvalue weighted by atomic mass is 16.4. The zero-order chi connectivity index (χ0) is 9.42. The summed E-state index contributed by atoms with van der Waals surface area (Å²) >= 11 is 0. The van der Waals surface area contributed by atoms with Crippen molar-refractivity contribution in [2.24, 2.45) is 0 Å². The first-order valence-corrected chi connectivity index (χ1v) is 4.50. The van der Waals surface area contributed by atoms with E-state index in [4.69, 9.17) is 5.11 Å². The Bertz CT molecular complexity index is 355. The maximum atomic E-state index is 10.8. The van der Waals surface area contributed by atoms with Crippen molar-refractivity contribution in [3.63, 3.8) is 0 Å². The molecular formula is C11H12O2. The van der Waals surface area contributed by atoms with Gasteiger partial charge in [-0.1, -0.05) is 23.8 Å². The van der Waals surface area contributed by atoms with Crippen molar-refractivity contribution < 1.29 is 9.90 Å². The minimum absolute atomic E-state index is 0.268. The van der Waals surface area contributed by atoms with Crippen LogP contribution in [0.5, 0.6) is 0 Å². The van der Waals surface area contributed by atoms with Gasteiger partial charge < -0.3 is 5.11 Å². The van der Waals surface area contributed by atoms with Gasteiger partial charge in [0.15, 0.2) is 0 Å². The molecule has 2 nitrogen and oxygen atoms in total. The maximum absolute atomic E-state index is 10.8. The van der Waals surface area contributed by atoms with Crippen LogP contribution < -0.4 is 0 Å². The van der Waals surface area contributed by atoms with Gasteiger partial charge in [-0.2, -0.15) is 0 Å². The molecule has 0 unspecified atom stereocenters. The predicted molar refractivity (Wildman–Crippen MR) is 49.9 cm³/mol. The van der Waals surface area contributed by atoms with Gasteiger partial charge in [-0.3, -0.25) is 4.79 Å². The molecule has 0 fully saturated rings. The van der Waals surface area contributed by atoms with Crippen LogP contribution >= 0.6 is 0 Å². The lowest BCUT2D eigenvalue weighted by Crippen LogP contribution is -2.07. The third-order valence-corrected chi connectivity index (χ3v) is 2.67. The van der Waals surface area contributed by atoms with Crippen molar-refractivity contribution in [3.8, 4) is 0 Å². The van der Waals surface area contributed by atoms with Crippen LogP contribution in [0.4, 0.5) is 0 Å². The van der Waals surface area contributed by atoms with Crippen molar-refractivity contribution in [2.75, 3.05) is 0 Å². The van der Waals surface area contributed by atoms with Crippen LogP contribution in [0.1, 0.15) is 29.0 Å². The second-order valence-corrected chi connectivity index (χ2v) is 3.63. The van der Waals surface area contributed by atoms with Gasteiger partial charge in [0.1, 0.15) is 0 Å². The average molecular weight is 176 g/mol. The van der Waals surface area contributed by atoms with Crippen molar-refractivity contribution >= 4 is 5.97 Å². The average Bonchev–Trinajstić information content (AvgIpc) is 2.46. The fourth-order valence-corrected chi connectivity index (χ4v) is 2.00. The van der Waals surface area contributed by atoms with E-state index < -0.39 is 5.97 Å². The molecule has 0 aliphatic heterocycles. The quantitative estimate of drug-likeness (QED) is 0.711. The van der Waals surface area contributed by atoms with Crippen LogP contribution in [0.15, 0.2) is 18.2 Å². The molecule has 0 bridgehead atoms. The number of rotatable bonds is 1. The van der Waals surface area contributed by atoms with Gasteiger partial charge in [-0.15, -0.1) is 0 Å². The van der Waals surface area contributed by atoms with Crippen LogP contribution in [0.2, 0.25) is 0 Å². The monoisotopic (exact) mass is 176 g/mol. The molecule has 0 aromatic heterocycles. The molecule has 0 radical (unpaired) electrons. The lowest BCUT2D eigenvalue weighted by molar-refractivity contribution is -0.138. The molecule has 68 valence electrons. The number of benzene rings is 1. The van der Waals surface area contributed by atoms with Gasteiger partial charge in [-0.05, 0) is 30.9 Å². The molecule has 1 aliphatic rings. The Labute approximate surface area is 77.2 Å². The third kappa shape index (κ3) is 1.32. The molecule has 0 saturated heterocycles. The summed E-state index contributed by atoms with van der Waals surface area (Å²) in [7, 11) is 0. The van der Waals surface area contributed by atoms with Crippen LogP contribution in [-0.4, -0.2) is 11.1 Å². The summed E-state index contributed by atoms with van der Waals surface area (Å²) in [6.45, 7) is 2.04. The van der Waals surface area contributed by atoms with Crippen LogP contribution in [0, 0.1) is 6.92 Å². The highest BCUT2D eigenvalue weighted by Crippen LogP contribution is 2.33. The number of carbonyl (C=O) groups is 1. The molecule has 0 amide bonds. The molecule has 1 aromatic carbocycles. The molecule has 1 aromatic rings. The van der Waals surface area contributed by atoms with E-state index in [1.807, 2.05) is 19.1 Å². The molecule has 0 heterocycles. The van der Waals surface area contributed by atoms with Crippen molar-refractivity contribution in [1.29, 1.82) is 0 Å². The van der Waals surface area contributed by atoms with E-state index in [9.17, 15) is 4.79 Å². The Balaban J connectivity index is 2.44. The van der Waals surface area contributed by atoms with Crippen molar-refractivity contribution in [3.05, 3.63) is 34.9 Å². The number of hydrogen-bond donors (Lipinski definition) is 1. The lowest BCUT2D eigenvalue weighted by atomic mass is 10.0. The van der Waals surface area contributed by atoms with Crippen LogP contribution in [0.25, 0.3) is 0 Å². The minimum atomic E-state index is -0.692. The zero-order valence-corrected chi connectivity index (χ0v) is 7.58. The summed E-state index contributed by atoms with van der Waals surface area (Å²) in [5, 5.41) is 8.93. The van der Waals surface area contributed by atoms with Crippen LogP contribution in [0.3, 0.4) is 0 Å². The zero-order valence-electron chi connectivity index (χ0n) is 7.58. The second kappa shape index (κ2) is 2.87. The molecule has 1 aliphatic carbocycles. The Kier molecular flexibility index (Phi) is 1.83. The predicted octanol–water partition coefficient (Wildman–Crippen LogP) is 2.11. The van der Waals surface area contributed by atoms with Gasteiger partial charge >= 0.3 is 5.97 Å². The van der Waals surface area contributed by atoms with Gasteiger partial charge in [0, 0.05) is 0 Å². The first-order chi connectivity index (χ1) is 6.18. The van der Waals surface area contributed by atoms with Crippen molar-refractivity contribution in [2.45, 2.75) is 25.7 Å². The number of hydrogen-bond acceptors (Lipinski definition) is 1. The molecule has 2 rings (SSSR count). The highest BCUT2D eigenvalue weighted by Gasteiger charge is 2.27. The smallest absolute Gasteiger partial charge is 0.310 e. The van der Waals surface area contributed by atoms with E-state index >= 15 is 0 Å². The summed E-state index contributed by atoms with van der Waals surface area (Å²) in [6, 6.07) is 6.04. The van der Waals surface area contributed by atoms with E-state index in [-0.39, 0.29) is 5.92 Å². The molecule has 0 spiro atoms. The first-order valence-electron chi connectivity index (χ1n) is 4.50.